The Kier molecular flexibility index (Phi) is 3.81. The van der Waals surface area contributed by atoms with Gasteiger partial charge < -0.3 is 10.6 Å². The summed E-state index contributed by atoms with van der Waals surface area (Å²) in [7, 11) is 0. The maximum Gasteiger partial charge on any atom is 0.135 e. The number of para-hydroxylation sites is 1. The normalized spacial score (nSPS) is 15.2. The molecule has 20 heavy (non-hydrogen) atoms. The van der Waals surface area contributed by atoms with Crippen molar-refractivity contribution >= 4 is 17.3 Å². The smallest absolute Gasteiger partial charge is 0.135 e. The van der Waals surface area contributed by atoms with E-state index in [1.54, 1.807) is 6.33 Å². The fourth-order valence-electron chi connectivity index (χ4n) is 2.64. The third-order valence-corrected chi connectivity index (χ3v) is 3.78. The second-order valence-electron chi connectivity index (χ2n) is 5.35. The first-order valence-electron chi connectivity index (χ1n) is 7.22. The number of hydrogen-bond acceptors (Lipinski definition) is 4. The van der Waals surface area contributed by atoms with Gasteiger partial charge in [0, 0.05) is 17.8 Å². The lowest BCUT2D eigenvalue weighted by molar-refractivity contribution is 0.750. The van der Waals surface area contributed by atoms with Crippen LogP contribution in [0.4, 0.5) is 17.3 Å². The Labute approximate surface area is 119 Å². The number of anilines is 3. The lowest BCUT2D eigenvalue weighted by Crippen LogP contribution is -2.15. The molecule has 0 atom stereocenters. The first-order valence-corrected chi connectivity index (χ1v) is 7.22. The quantitative estimate of drug-likeness (QED) is 0.883. The highest BCUT2D eigenvalue weighted by Gasteiger charge is 2.15. The SMILES string of the molecule is Cc1ccccc1Nc1cc(NC2CCCC2)ncn1. The molecule has 3 rings (SSSR count). The number of aryl methyl sites for hydroxylation is 1. The molecule has 4 heteroatoms. The lowest BCUT2D eigenvalue weighted by atomic mass is 10.2. The molecule has 1 heterocycles. The number of nitrogens with one attached hydrogen (secondary N) is 2. The summed E-state index contributed by atoms with van der Waals surface area (Å²) in [6, 6.07) is 10.7. The molecule has 1 saturated carbocycles. The van der Waals surface area contributed by atoms with Gasteiger partial charge in [-0.1, -0.05) is 31.0 Å². The molecule has 0 saturated heterocycles. The fourth-order valence-corrected chi connectivity index (χ4v) is 2.64. The molecule has 0 unspecified atom stereocenters. The minimum Gasteiger partial charge on any atom is -0.367 e. The van der Waals surface area contributed by atoms with Crippen LogP contribution in [0.15, 0.2) is 36.7 Å². The van der Waals surface area contributed by atoms with E-state index < -0.39 is 0 Å². The summed E-state index contributed by atoms with van der Waals surface area (Å²) in [5, 5.41) is 6.84. The maximum atomic E-state index is 4.30. The van der Waals surface area contributed by atoms with Crippen molar-refractivity contribution in [2.75, 3.05) is 10.6 Å². The molecule has 2 N–H and O–H groups in total. The van der Waals surface area contributed by atoms with Crippen LogP contribution in [0, 0.1) is 6.92 Å². The van der Waals surface area contributed by atoms with E-state index >= 15 is 0 Å². The molecule has 0 spiro atoms. The van der Waals surface area contributed by atoms with Crippen molar-refractivity contribution < 1.29 is 0 Å². The highest BCUT2D eigenvalue weighted by atomic mass is 15.1. The van der Waals surface area contributed by atoms with Crippen molar-refractivity contribution in [3.05, 3.63) is 42.2 Å². The van der Waals surface area contributed by atoms with Gasteiger partial charge in [-0.2, -0.15) is 0 Å². The second-order valence-corrected chi connectivity index (χ2v) is 5.35. The number of aromatic nitrogens is 2. The van der Waals surface area contributed by atoms with Gasteiger partial charge in [-0.25, -0.2) is 9.97 Å². The van der Waals surface area contributed by atoms with E-state index in [2.05, 4.69) is 39.7 Å². The number of nitrogens with zero attached hydrogens (tertiary/aromatic N) is 2. The van der Waals surface area contributed by atoms with Gasteiger partial charge in [0.15, 0.2) is 0 Å². The Morgan fingerprint density at radius 2 is 1.80 bits per heavy atom. The van der Waals surface area contributed by atoms with E-state index in [0.717, 1.165) is 17.3 Å². The number of rotatable bonds is 4. The van der Waals surface area contributed by atoms with Gasteiger partial charge >= 0.3 is 0 Å². The van der Waals surface area contributed by atoms with E-state index in [-0.39, 0.29) is 0 Å². The fraction of sp³-hybridized carbons (Fsp3) is 0.375. The monoisotopic (exact) mass is 268 g/mol. The third kappa shape index (κ3) is 3.07. The van der Waals surface area contributed by atoms with Gasteiger partial charge in [-0.3, -0.25) is 0 Å². The Hall–Kier alpha value is -2.10. The van der Waals surface area contributed by atoms with Crippen molar-refractivity contribution in [3.8, 4) is 0 Å². The average molecular weight is 268 g/mol. The molecule has 1 fully saturated rings. The van der Waals surface area contributed by atoms with Crippen molar-refractivity contribution in [2.45, 2.75) is 38.6 Å². The van der Waals surface area contributed by atoms with Crippen LogP contribution in [0.25, 0.3) is 0 Å². The van der Waals surface area contributed by atoms with Crippen molar-refractivity contribution in [1.82, 2.24) is 9.97 Å². The Morgan fingerprint density at radius 1 is 1.05 bits per heavy atom. The summed E-state index contributed by atoms with van der Waals surface area (Å²) in [6.07, 6.45) is 6.72. The maximum absolute atomic E-state index is 4.30. The highest BCUT2D eigenvalue weighted by molar-refractivity contribution is 5.62. The van der Waals surface area contributed by atoms with E-state index in [1.807, 2.05) is 18.2 Å². The molecule has 0 amide bonds. The predicted octanol–water partition coefficient (Wildman–Crippen LogP) is 3.88. The van der Waals surface area contributed by atoms with Crippen LogP contribution in [0.3, 0.4) is 0 Å². The summed E-state index contributed by atoms with van der Waals surface area (Å²) in [5.41, 5.74) is 2.29. The van der Waals surface area contributed by atoms with Crippen LogP contribution >= 0.6 is 0 Å². The van der Waals surface area contributed by atoms with Gasteiger partial charge in [0.2, 0.25) is 0 Å². The predicted molar refractivity (Wildman–Crippen MR) is 82.4 cm³/mol. The summed E-state index contributed by atoms with van der Waals surface area (Å²) in [6.45, 7) is 2.08. The lowest BCUT2D eigenvalue weighted by Gasteiger charge is -2.14. The molecule has 1 aromatic carbocycles. The van der Waals surface area contributed by atoms with Gasteiger partial charge in [-0.15, -0.1) is 0 Å². The summed E-state index contributed by atoms with van der Waals surface area (Å²) in [5.74, 6) is 1.73. The molecule has 4 nitrogen and oxygen atoms in total. The minimum atomic E-state index is 0.566. The average Bonchev–Trinajstić information content (AvgIpc) is 2.95. The molecular weight excluding hydrogens is 248 g/mol. The van der Waals surface area contributed by atoms with Crippen LogP contribution in [-0.4, -0.2) is 16.0 Å². The van der Waals surface area contributed by atoms with Gasteiger partial charge in [0.05, 0.1) is 0 Å². The van der Waals surface area contributed by atoms with Crippen LogP contribution in [0.5, 0.6) is 0 Å². The molecule has 1 aliphatic carbocycles. The molecule has 1 aromatic heterocycles. The summed E-state index contributed by atoms with van der Waals surface area (Å²) >= 11 is 0. The summed E-state index contributed by atoms with van der Waals surface area (Å²) in [4.78, 5) is 8.59. The van der Waals surface area contributed by atoms with Gasteiger partial charge in [-0.05, 0) is 31.4 Å². The largest absolute Gasteiger partial charge is 0.367 e. The molecule has 104 valence electrons. The van der Waals surface area contributed by atoms with Gasteiger partial charge in [0.1, 0.15) is 18.0 Å². The zero-order chi connectivity index (χ0) is 13.8. The third-order valence-electron chi connectivity index (χ3n) is 3.78. The first kappa shape index (κ1) is 12.9. The standard InChI is InChI=1S/C16H20N4/c1-12-6-2-5-9-14(12)20-16-10-15(17-11-18-16)19-13-7-3-4-8-13/h2,5-6,9-11,13H,3-4,7-8H2,1H3,(H2,17,18,19,20). The zero-order valence-electron chi connectivity index (χ0n) is 11.8. The van der Waals surface area contributed by atoms with Crippen LogP contribution in [0.2, 0.25) is 0 Å². The van der Waals surface area contributed by atoms with Gasteiger partial charge in [0.25, 0.3) is 0 Å². The zero-order valence-corrected chi connectivity index (χ0v) is 11.8. The molecule has 0 radical (unpaired) electrons. The number of hydrogen-bond donors (Lipinski definition) is 2. The van der Waals surface area contributed by atoms with E-state index in [9.17, 15) is 0 Å². The van der Waals surface area contributed by atoms with Crippen LogP contribution < -0.4 is 10.6 Å². The van der Waals surface area contributed by atoms with Crippen LogP contribution in [0.1, 0.15) is 31.2 Å². The second kappa shape index (κ2) is 5.90. The van der Waals surface area contributed by atoms with E-state index in [1.165, 1.54) is 31.2 Å². The molecule has 2 aromatic rings. The minimum absolute atomic E-state index is 0.566. The highest BCUT2D eigenvalue weighted by Crippen LogP contribution is 2.23. The molecular formula is C16H20N4. The Bertz CT molecular complexity index is 576. The van der Waals surface area contributed by atoms with E-state index in [4.69, 9.17) is 0 Å². The molecule has 1 aliphatic rings. The molecule has 0 aliphatic heterocycles. The summed E-state index contributed by atoms with van der Waals surface area (Å²) < 4.78 is 0. The Morgan fingerprint density at radius 3 is 2.60 bits per heavy atom. The van der Waals surface area contributed by atoms with Crippen molar-refractivity contribution in [2.24, 2.45) is 0 Å². The van der Waals surface area contributed by atoms with Crippen LogP contribution in [-0.2, 0) is 0 Å². The topological polar surface area (TPSA) is 49.8 Å². The van der Waals surface area contributed by atoms with Crippen molar-refractivity contribution in [3.63, 3.8) is 0 Å². The molecule has 0 bridgehead atoms. The van der Waals surface area contributed by atoms with Crippen molar-refractivity contribution in [1.29, 1.82) is 0 Å². The van der Waals surface area contributed by atoms with E-state index in [0.29, 0.717) is 6.04 Å². The number of benzene rings is 1. The first-order chi connectivity index (χ1) is 9.81. The Balaban J connectivity index is 1.72.